The van der Waals surface area contributed by atoms with Crippen LogP contribution in [-0.2, 0) is 22.3 Å². The monoisotopic (exact) mass is 330 g/mol. The Hall–Kier alpha value is -1.14. The van der Waals surface area contributed by atoms with Gasteiger partial charge in [-0.3, -0.25) is 4.98 Å². The zero-order chi connectivity index (χ0) is 14.6. The van der Waals surface area contributed by atoms with Gasteiger partial charge in [0.15, 0.2) is 0 Å². The first-order valence-corrected chi connectivity index (χ1v) is 8.18. The first kappa shape index (κ1) is 15.3. The van der Waals surface area contributed by atoms with Crippen molar-refractivity contribution in [3.63, 3.8) is 0 Å². The van der Waals surface area contributed by atoms with E-state index in [1.165, 1.54) is 0 Å². The second kappa shape index (κ2) is 6.54. The summed E-state index contributed by atoms with van der Waals surface area (Å²) in [6, 6.07) is 8.43. The van der Waals surface area contributed by atoms with Crippen LogP contribution in [0.15, 0.2) is 42.7 Å². The summed E-state index contributed by atoms with van der Waals surface area (Å²) < 4.78 is 26.6. The van der Waals surface area contributed by atoms with E-state index in [9.17, 15) is 8.42 Å². The Kier molecular flexibility index (Phi) is 4.99. The minimum atomic E-state index is -3.52. The van der Waals surface area contributed by atoms with E-state index in [4.69, 9.17) is 23.2 Å². The Morgan fingerprint density at radius 1 is 1.10 bits per heavy atom. The summed E-state index contributed by atoms with van der Waals surface area (Å²) in [7, 11) is -3.52. The van der Waals surface area contributed by atoms with Crippen molar-refractivity contribution in [3.8, 4) is 0 Å². The summed E-state index contributed by atoms with van der Waals surface area (Å²) in [5.41, 5.74) is 1.18. The highest BCUT2D eigenvalue weighted by Gasteiger charge is 2.16. The van der Waals surface area contributed by atoms with Crippen LogP contribution < -0.4 is 4.72 Å². The van der Waals surface area contributed by atoms with Gasteiger partial charge in [0.2, 0.25) is 10.0 Å². The van der Waals surface area contributed by atoms with Crippen LogP contribution >= 0.6 is 23.2 Å². The number of benzene rings is 1. The Morgan fingerprint density at radius 2 is 1.80 bits per heavy atom. The predicted molar refractivity (Wildman–Crippen MR) is 80.2 cm³/mol. The maximum absolute atomic E-state index is 12.0. The van der Waals surface area contributed by atoms with Crippen molar-refractivity contribution < 1.29 is 8.42 Å². The highest BCUT2D eigenvalue weighted by molar-refractivity contribution is 7.88. The van der Waals surface area contributed by atoms with E-state index in [1.54, 1.807) is 42.7 Å². The summed E-state index contributed by atoms with van der Waals surface area (Å²) in [5, 5.41) is 0.675. The van der Waals surface area contributed by atoms with E-state index in [0.29, 0.717) is 15.6 Å². The van der Waals surface area contributed by atoms with Crippen molar-refractivity contribution in [1.82, 2.24) is 9.71 Å². The SMILES string of the molecule is O=S(=O)(Cc1c(Cl)cccc1Cl)NCc1cccnc1. The molecule has 4 nitrogen and oxygen atoms in total. The van der Waals surface area contributed by atoms with E-state index in [1.807, 2.05) is 0 Å². The maximum Gasteiger partial charge on any atom is 0.216 e. The number of nitrogens with zero attached hydrogens (tertiary/aromatic N) is 1. The van der Waals surface area contributed by atoms with E-state index < -0.39 is 10.0 Å². The van der Waals surface area contributed by atoms with Crippen molar-refractivity contribution in [2.24, 2.45) is 0 Å². The zero-order valence-corrected chi connectivity index (χ0v) is 12.7. The number of aromatic nitrogens is 1. The van der Waals surface area contributed by atoms with Gasteiger partial charge in [-0.15, -0.1) is 0 Å². The molecule has 1 heterocycles. The average molecular weight is 331 g/mol. The molecule has 0 saturated heterocycles. The standard InChI is InChI=1S/C13H12Cl2N2O2S/c14-12-4-1-5-13(15)11(12)9-20(18,19)17-8-10-3-2-6-16-7-10/h1-7,17H,8-9H2. The molecule has 0 radical (unpaired) electrons. The highest BCUT2D eigenvalue weighted by atomic mass is 35.5. The van der Waals surface area contributed by atoms with Crippen molar-refractivity contribution in [2.45, 2.75) is 12.3 Å². The molecule has 2 rings (SSSR count). The lowest BCUT2D eigenvalue weighted by molar-refractivity contribution is 0.580. The fourth-order valence-electron chi connectivity index (χ4n) is 1.61. The van der Waals surface area contributed by atoms with Gasteiger partial charge in [-0.05, 0) is 23.8 Å². The highest BCUT2D eigenvalue weighted by Crippen LogP contribution is 2.25. The molecule has 1 aromatic heterocycles. The van der Waals surface area contributed by atoms with Crippen LogP contribution in [-0.4, -0.2) is 13.4 Å². The van der Waals surface area contributed by atoms with Crippen LogP contribution in [0, 0.1) is 0 Å². The van der Waals surface area contributed by atoms with Gasteiger partial charge >= 0.3 is 0 Å². The zero-order valence-electron chi connectivity index (χ0n) is 10.4. The van der Waals surface area contributed by atoms with Gasteiger partial charge in [0, 0.05) is 34.5 Å². The third-order valence-corrected chi connectivity index (χ3v) is 4.58. The second-order valence-corrected chi connectivity index (χ2v) is 6.76. The summed E-state index contributed by atoms with van der Waals surface area (Å²) in [4.78, 5) is 3.92. The molecule has 1 N–H and O–H groups in total. The quantitative estimate of drug-likeness (QED) is 0.916. The van der Waals surface area contributed by atoms with Crippen molar-refractivity contribution in [3.05, 3.63) is 63.9 Å². The molecule has 20 heavy (non-hydrogen) atoms. The number of sulfonamides is 1. The number of pyridine rings is 1. The van der Waals surface area contributed by atoms with Crippen LogP contribution in [0.3, 0.4) is 0 Å². The molecule has 0 fully saturated rings. The number of halogens is 2. The molecule has 0 spiro atoms. The first-order chi connectivity index (χ1) is 9.48. The molecule has 0 bridgehead atoms. The third kappa shape index (κ3) is 4.18. The molecule has 0 saturated carbocycles. The van der Waals surface area contributed by atoms with Crippen LogP contribution in [0.5, 0.6) is 0 Å². The number of rotatable bonds is 5. The molecular weight excluding hydrogens is 319 g/mol. The molecular formula is C13H12Cl2N2O2S. The molecule has 0 unspecified atom stereocenters. The van der Waals surface area contributed by atoms with Crippen LogP contribution in [0.4, 0.5) is 0 Å². The molecule has 0 aliphatic rings. The van der Waals surface area contributed by atoms with Crippen molar-refractivity contribution in [1.29, 1.82) is 0 Å². The Bertz CT molecular complexity index is 671. The first-order valence-electron chi connectivity index (χ1n) is 5.77. The lowest BCUT2D eigenvalue weighted by Crippen LogP contribution is -2.25. The number of hydrogen-bond donors (Lipinski definition) is 1. The van der Waals surface area contributed by atoms with Gasteiger partial charge in [0.1, 0.15) is 0 Å². The average Bonchev–Trinajstić information content (AvgIpc) is 2.42. The lowest BCUT2D eigenvalue weighted by Gasteiger charge is -2.09. The van der Waals surface area contributed by atoms with Crippen LogP contribution in [0.2, 0.25) is 10.0 Å². The second-order valence-electron chi connectivity index (χ2n) is 4.14. The predicted octanol–water partition coefficient (Wildman–Crippen LogP) is 3.01. The summed E-state index contributed by atoms with van der Waals surface area (Å²) in [6.07, 6.45) is 3.23. The molecule has 106 valence electrons. The molecule has 1 aromatic carbocycles. The fraction of sp³-hybridized carbons (Fsp3) is 0.154. The Morgan fingerprint density at radius 3 is 2.40 bits per heavy atom. The maximum atomic E-state index is 12.0. The van der Waals surface area contributed by atoms with Gasteiger partial charge in [0.05, 0.1) is 5.75 Å². The smallest absolute Gasteiger partial charge is 0.216 e. The molecule has 0 atom stereocenters. The van der Waals surface area contributed by atoms with E-state index in [0.717, 1.165) is 5.56 Å². The summed E-state index contributed by atoms with van der Waals surface area (Å²) >= 11 is 11.9. The van der Waals surface area contributed by atoms with Gasteiger partial charge in [-0.2, -0.15) is 0 Å². The van der Waals surface area contributed by atoms with E-state index in [2.05, 4.69) is 9.71 Å². The molecule has 0 amide bonds. The van der Waals surface area contributed by atoms with Gasteiger partial charge < -0.3 is 0 Å². The van der Waals surface area contributed by atoms with Crippen molar-refractivity contribution >= 4 is 33.2 Å². The topological polar surface area (TPSA) is 59.1 Å². The van der Waals surface area contributed by atoms with E-state index >= 15 is 0 Å². The minimum Gasteiger partial charge on any atom is -0.264 e. The summed E-state index contributed by atoms with van der Waals surface area (Å²) in [6.45, 7) is 0.179. The van der Waals surface area contributed by atoms with Crippen LogP contribution in [0.25, 0.3) is 0 Å². The minimum absolute atomic E-state index is 0.179. The van der Waals surface area contributed by atoms with Gasteiger partial charge in [0.25, 0.3) is 0 Å². The van der Waals surface area contributed by atoms with Crippen molar-refractivity contribution in [2.75, 3.05) is 0 Å². The van der Waals surface area contributed by atoms with Gasteiger partial charge in [-0.25, -0.2) is 13.1 Å². The van der Waals surface area contributed by atoms with E-state index in [-0.39, 0.29) is 12.3 Å². The normalized spacial score (nSPS) is 11.5. The lowest BCUT2D eigenvalue weighted by atomic mass is 10.2. The Balaban J connectivity index is 2.08. The molecule has 2 aromatic rings. The summed E-state index contributed by atoms with van der Waals surface area (Å²) in [5.74, 6) is -0.258. The van der Waals surface area contributed by atoms with Crippen LogP contribution in [0.1, 0.15) is 11.1 Å². The Labute approximate surface area is 127 Å². The number of nitrogens with one attached hydrogen (secondary N) is 1. The fourth-order valence-corrected chi connectivity index (χ4v) is 3.48. The molecule has 0 aliphatic heterocycles. The largest absolute Gasteiger partial charge is 0.264 e. The number of hydrogen-bond acceptors (Lipinski definition) is 3. The molecule has 0 aliphatic carbocycles. The van der Waals surface area contributed by atoms with Gasteiger partial charge in [-0.1, -0.05) is 35.3 Å². The third-order valence-electron chi connectivity index (χ3n) is 2.62. The molecule has 7 heteroatoms.